The van der Waals surface area contributed by atoms with E-state index in [9.17, 15) is 0 Å². The summed E-state index contributed by atoms with van der Waals surface area (Å²) in [5.41, 5.74) is 3.28. The fourth-order valence-electron chi connectivity index (χ4n) is 3.67. The van der Waals surface area contributed by atoms with E-state index in [0.29, 0.717) is 0 Å². The van der Waals surface area contributed by atoms with Crippen LogP contribution in [0, 0.1) is 0 Å². The molecule has 2 aliphatic rings. The molecule has 0 radical (unpaired) electrons. The van der Waals surface area contributed by atoms with E-state index in [0.717, 1.165) is 68.6 Å². The van der Waals surface area contributed by atoms with E-state index in [4.69, 9.17) is 21.1 Å². The Hall–Kier alpha value is -1.40. The van der Waals surface area contributed by atoms with Crippen LogP contribution in [-0.2, 0) is 16.0 Å². The number of H-pyrrole nitrogens is 1. The van der Waals surface area contributed by atoms with Gasteiger partial charge in [0, 0.05) is 61.8 Å². The van der Waals surface area contributed by atoms with E-state index in [1.54, 1.807) is 0 Å². The Balaban J connectivity index is 1.51. The van der Waals surface area contributed by atoms with Crippen molar-refractivity contribution < 1.29 is 9.47 Å². The number of aromatic amines is 1. The lowest BCUT2D eigenvalue weighted by Crippen LogP contribution is -2.54. The monoisotopic (exact) mass is 347 g/mol. The number of rotatable bonds is 3. The molecular formula is C18H22ClN3O2. The number of ether oxygens (including phenoxy) is 2. The molecule has 1 aromatic heterocycles. The van der Waals surface area contributed by atoms with Crippen LogP contribution in [0.1, 0.15) is 18.4 Å². The number of morpholine rings is 1. The maximum absolute atomic E-state index is 6.13. The van der Waals surface area contributed by atoms with Crippen LogP contribution >= 0.6 is 11.6 Å². The predicted molar refractivity (Wildman–Crippen MR) is 93.0 cm³/mol. The quantitative estimate of drug-likeness (QED) is 0.926. The molecule has 0 aliphatic carbocycles. The van der Waals surface area contributed by atoms with Crippen molar-refractivity contribution in [2.75, 3.05) is 32.9 Å². The molecule has 0 atom stereocenters. The number of halogens is 1. The van der Waals surface area contributed by atoms with E-state index in [1.807, 2.05) is 24.4 Å². The Morgan fingerprint density at radius 3 is 2.96 bits per heavy atom. The van der Waals surface area contributed by atoms with Crippen LogP contribution in [0.15, 0.2) is 30.5 Å². The number of nitrogens with zero attached hydrogens (tertiary/aromatic N) is 2. The highest BCUT2D eigenvalue weighted by molar-refractivity contribution is 6.30. The van der Waals surface area contributed by atoms with E-state index in [2.05, 4.69) is 21.2 Å². The molecule has 1 N–H and O–H groups in total. The Labute approximate surface area is 146 Å². The van der Waals surface area contributed by atoms with E-state index in [-0.39, 0.29) is 5.60 Å². The predicted octanol–water partition coefficient (Wildman–Crippen LogP) is 3.11. The Morgan fingerprint density at radius 2 is 2.12 bits per heavy atom. The van der Waals surface area contributed by atoms with Crippen LogP contribution in [0.2, 0.25) is 5.02 Å². The fourth-order valence-corrected chi connectivity index (χ4v) is 3.86. The molecule has 0 unspecified atom stereocenters. The zero-order valence-electron chi connectivity index (χ0n) is 13.6. The van der Waals surface area contributed by atoms with Gasteiger partial charge in [-0.1, -0.05) is 23.7 Å². The number of hydrogen-bond acceptors (Lipinski definition) is 4. The Kier molecular flexibility index (Phi) is 4.59. The molecule has 1 spiro atoms. The van der Waals surface area contributed by atoms with Crippen LogP contribution < -0.4 is 0 Å². The summed E-state index contributed by atoms with van der Waals surface area (Å²) in [6.07, 6.45) is 3.88. The van der Waals surface area contributed by atoms with Gasteiger partial charge in [0.2, 0.25) is 0 Å². The van der Waals surface area contributed by atoms with Crippen molar-refractivity contribution >= 4 is 11.6 Å². The highest BCUT2D eigenvalue weighted by atomic mass is 35.5. The molecule has 24 heavy (non-hydrogen) atoms. The van der Waals surface area contributed by atoms with Gasteiger partial charge in [0.25, 0.3) is 0 Å². The molecule has 0 saturated carbocycles. The van der Waals surface area contributed by atoms with Crippen molar-refractivity contribution in [2.24, 2.45) is 0 Å². The largest absolute Gasteiger partial charge is 0.381 e. The average molecular weight is 348 g/mol. The minimum Gasteiger partial charge on any atom is -0.381 e. The van der Waals surface area contributed by atoms with Crippen LogP contribution in [0.3, 0.4) is 0 Å². The lowest BCUT2D eigenvalue weighted by atomic mass is 9.92. The van der Waals surface area contributed by atoms with Gasteiger partial charge >= 0.3 is 0 Å². The van der Waals surface area contributed by atoms with E-state index >= 15 is 0 Å². The minimum absolute atomic E-state index is 0.0313. The summed E-state index contributed by atoms with van der Waals surface area (Å²) in [7, 11) is 0. The van der Waals surface area contributed by atoms with Crippen molar-refractivity contribution in [3.63, 3.8) is 0 Å². The summed E-state index contributed by atoms with van der Waals surface area (Å²) in [5, 5.41) is 8.11. The van der Waals surface area contributed by atoms with Gasteiger partial charge in [-0.3, -0.25) is 10.00 Å². The summed E-state index contributed by atoms with van der Waals surface area (Å²) in [6.45, 7) is 5.15. The van der Waals surface area contributed by atoms with E-state index < -0.39 is 0 Å². The van der Waals surface area contributed by atoms with Gasteiger partial charge in [-0.25, -0.2) is 0 Å². The topological polar surface area (TPSA) is 50.4 Å². The molecule has 1 aromatic carbocycles. The van der Waals surface area contributed by atoms with Crippen LogP contribution in [0.4, 0.5) is 0 Å². The second-order valence-corrected chi connectivity index (χ2v) is 7.07. The first kappa shape index (κ1) is 16.1. The normalized spacial score (nSPS) is 21.2. The van der Waals surface area contributed by atoms with Gasteiger partial charge in [-0.15, -0.1) is 0 Å². The molecule has 0 bridgehead atoms. The number of aromatic nitrogens is 2. The van der Waals surface area contributed by atoms with Crippen LogP contribution in [0.25, 0.3) is 11.3 Å². The van der Waals surface area contributed by atoms with Gasteiger partial charge in [-0.05, 0) is 12.1 Å². The zero-order valence-corrected chi connectivity index (χ0v) is 14.4. The Bertz CT molecular complexity index is 692. The summed E-state index contributed by atoms with van der Waals surface area (Å²) >= 11 is 6.13. The maximum atomic E-state index is 6.13. The van der Waals surface area contributed by atoms with Gasteiger partial charge in [0.1, 0.15) is 0 Å². The third-order valence-corrected chi connectivity index (χ3v) is 5.19. The highest BCUT2D eigenvalue weighted by Crippen LogP contribution is 2.31. The lowest BCUT2D eigenvalue weighted by Gasteiger charge is -2.44. The van der Waals surface area contributed by atoms with Crippen molar-refractivity contribution in [3.05, 3.63) is 41.0 Å². The van der Waals surface area contributed by atoms with Crippen LogP contribution in [-0.4, -0.2) is 53.6 Å². The van der Waals surface area contributed by atoms with Crippen molar-refractivity contribution in [3.8, 4) is 11.3 Å². The van der Waals surface area contributed by atoms with Gasteiger partial charge in [0.05, 0.1) is 24.1 Å². The first-order valence-electron chi connectivity index (χ1n) is 8.46. The second-order valence-electron chi connectivity index (χ2n) is 6.64. The second kappa shape index (κ2) is 6.84. The molecule has 3 heterocycles. The van der Waals surface area contributed by atoms with Crippen LogP contribution in [0.5, 0.6) is 0 Å². The minimum atomic E-state index is -0.0313. The molecule has 2 fully saturated rings. The number of hydrogen-bond donors (Lipinski definition) is 1. The maximum Gasteiger partial charge on any atom is 0.0853 e. The summed E-state index contributed by atoms with van der Waals surface area (Å²) in [4.78, 5) is 2.47. The first-order chi connectivity index (χ1) is 11.7. The lowest BCUT2D eigenvalue weighted by molar-refractivity contribution is -0.155. The molecule has 2 aliphatic heterocycles. The summed E-state index contributed by atoms with van der Waals surface area (Å²) in [5.74, 6) is 0. The average Bonchev–Trinajstić information content (AvgIpc) is 3.04. The molecule has 5 nitrogen and oxygen atoms in total. The standard InChI is InChI=1S/C18H22ClN3O2/c19-16-3-1-2-14(10-16)17-15(11-20-21-17)12-22-6-9-24-18(13-22)4-7-23-8-5-18/h1-3,10-11H,4-9,12-13H2,(H,20,21). The summed E-state index contributed by atoms with van der Waals surface area (Å²) < 4.78 is 11.6. The fraction of sp³-hybridized carbons (Fsp3) is 0.500. The first-order valence-corrected chi connectivity index (χ1v) is 8.84. The molecule has 2 saturated heterocycles. The molecule has 2 aromatic rings. The molecule has 4 rings (SSSR count). The number of nitrogens with one attached hydrogen (secondary N) is 1. The SMILES string of the molecule is Clc1cccc(-c2[nH]ncc2CN2CCOC3(CCOCC3)C2)c1. The zero-order chi connectivity index (χ0) is 16.4. The molecule has 6 heteroatoms. The molecular weight excluding hydrogens is 326 g/mol. The number of benzene rings is 1. The molecule has 0 amide bonds. The molecule has 128 valence electrons. The van der Waals surface area contributed by atoms with Gasteiger partial charge in [-0.2, -0.15) is 5.10 Å². The van der Waals surface area contributed by atoms with E-state index in [1.165, 1.54) is 5.56 Å². The van der Waals surface area contributed by atoms with Crippen molar-refractivity contribution in [2.45, 2.75) is 25.0 Å². The Morgan fingerprint density at radius 1 is 1.25 bits per heavy atom. The van der Waals surface area contributed by atoms with Gasteiger partial charge in [0.15, 0.2) is 0 Å². The van der Waals surface area contributed by atoms with Crippen molar-refractivity contribution in [1.29, 1.82) is 0 Å². The highest BCUT2D eigenvalue weighted by Gasteiger charge is 2.38. The third kappa shape index (κ3) is 3.35. The third-order valence-electron chi connectivity index (χ3n) is 4.96. The van der Waals surface area contributed by atoms with Gasteiger partial charge < -0.3 is 9.47 Å². The van der Waals surface area contributed by atoms with Crippen molar-refractivity contribution in [1.82, 2.24) is 15.1 Å². The summed E-state index contributed by atoms with van der Waals surface area (Å²) in [6, 6.07) is 7.88. The smallest absolute Gasteiger partial charge is 0.0853 e.